The summed E-state index contributed by atoms with van der Waals surface area (Å²) < 4.78 is 6.96. The summed E-state index contributed by atoms with van der Waals surface area (Å²) in [5, 5.41) is 5.53. The first-order valence-electron chi connectivity index (χ1n) is 6.79. The molecular formula is C16H20BrNOS. The zero-order valence-corrected chi connectivity index (χ0v) is 14.3. The van der Waals surface area contributed by atoms with Gasteiger partial charge >= 0.3 is 0 Å². The van der Waals surface area contributed by atoms with Crippen LogP contribution in [0.25, 0.3) is 0 Å². The molecule has 0 aliphatic carbocycles. The van der Waals surface area contributed by atoms with E-state index in [0.717, 1.165) is 23.3 Å². The quantitative estimate of drug-likeness (QED) is 0.769. The highest BCUT2D eigenvalue weighted by Gasteiger charge is 2.04. The molecule has 0 saturated carbocycles. The minimum atomic E-state index is 0.637. The molecule has 1 aromatic heterocycles. The molecule has 1 aromatic carbocycles. The molecule has 0 saturated heterocycles. The average molecular weight is 354 g/mol. The largest absolute Gasteiger partial charge is 0.488 e. The van der Waals surface area contributed by atoms with Gasteiger partial charge in [0, 0.05) is 15.9 Å². The van der Waals surface area contributed by atoms with Crippen molar-refractivity contribution in [2.75, 3.05) is 6.54 Å². The Kier molecular flexibility index (Phi) is 6.07. The monoisotopic (exact) mass is 353 g/mol. The van der Waals surface area contributed by atoms with Crippen LogP contribution in [0.1, 0.15) is 24.3 Å². The smallest absolute Gasteiger partial charge is 0.122 e. The van der Waals surface area contributed by atoms with Crippen LogP contribution in [0.4, 0.5) is 0 Å². The molecule has 0 fully saturated rings. The van der Waals surface area contributed by atoms with E-state index in [2.05, 4.69) is 58.7 Å². The summed E-state index contributed by atoms with van der Waals surface area (Å²) in [6, 6.07) is 10.3. The minimum absolute atomic E-state index is 0.637. The van der Waals surface area contributed by atoms with E-state index in [-0.39, 0.29) is 0 Å². The number of hydrogen-bond donors (Lipinski definition) is 1. The van der Waals surface area contributed by atoms with Gasteiger partial charge in [0.05, 0.1) is 0 Å². The summed E-state index contributed by atoms with van der Waals surface area (Å²) in [6.45, 7) is 6.94. The molecule has 4 heteroatoms. The van der Waals surface area contributed by atoms with Gasteiger partial charge in [0.25, 0.3) is 0 Å². The van der Waals surface area contributed by atoms with Crippen molar-refractivity contribution in [2.45, 2.75) is 27.0 Å². The summed E-state index contributed by atoms with van der Waals surface area (Å²) in [4.78, 5) is 1.24. The highest BCUT2D eigenvalue weighted by Crippen LogP contribution is 2.23. The highest BCUT2D eigenvalue weighted by atomic mass is 79.9. The van der Waals surface area contributed by atoms with Gasteiger partial charge in [-0.15, -0.1) is 11.3 Å². The average Bonchev–Trinajstić information content (AvgIpc) is 2.92. The zero-order valence-electron chi connectivity index (χ0n) is 11.9. The summed E-state index contributed by atoms with van der Waals surface area (Å²) in [5.41, 5.74) is 1.23. The van der Waals surface area contributed by atoms with Crippen molar-refractivity contribution in [1.29, 1.82) is 0 Å². The van der Waals surface area contributed by atoms with Gasteiger partial charge in [-0.05, 0) is 47.7 Å². The number of hydrogen-bond acceptors (Lipinski definition) is 3. The summed E-state index contributed by atoms with van der Waals surface area (Å²) in [5.74, 6) is 1.58. The van der Waals surface area contributed by atoms with Crippen LogP contribution < -0.4 is 10.1 Å². The molecule has 2 nitrogen and oxygen atoms in total. The number of benzene rings is 1. The van der Waals surface area contributed by atoms with Gasteiger partial charge in [0.15, 0.2) is 0 Å². The SMILES string of the molecule is CC(C)CNCc1cc(OCc2cccs2)ccc1Br. The molecule has 0 unspecified atom stereocenters. The standard InChI is InChI=1S/C16H20BrNOS/c1-12(2)9-18-10-13-8-14(5-6-16(13)17)19-11-15-4-3-7-20-15/h3-8,12,18H,9-11H2,1-2H3. The Labute approximate surface area is 133 Å². The van der Waals surface area contributed by atoms with Crippen molar-refractivity contribution in [1.82, 2.24) is 5.32 Å². The van der Waals surface area contributed by atoms with Crippen molar-refractivity contribution in [3.05, 3.63) is 50.6 Å². The Bertz CT molecular complexity index is 525. The van der Waals surface area contributed by atoms with Gasteiger partial charge in [-0.25, -0.2) is 0 Å². The first-order chi connectivity index (χ1) is 9.65. The first kappa shape index (κ1) is 15.5. The molecule has 0 amide bonds. The molecule has 1 heterocycles. The maximum Gasteiger partial charge on any atom is 0.122 e. The van der Waals surface area contributed by atoms with E-state index in [4.69, 9.17) is 4.74 Å². The molecule has 0 bridgehead atoms. The molecule has 0 aliphatic heterocycles. The number of rotatable bonds is 7. The van der Waals surface area contributed by atoms with Gasteiger partial charge in [-0.3, -0.25) is 0 Å². The second-order valence-corrected chi connectivity index (χ2v) is 7.03. The lowest BCUT2D eigenvalue weighted by molar-refractivity contribution is 0.309. The highest BCUT2D eigenvalue weighted by molar-refractivity contribution is 9.10. The Morgan fingerprint density at radius 3 is 2.85 bits per heavy atom. The second kappa shape index (κ2) is 7.81. The van der Waals surface area contributed by atoms with Gasteiger partial charge in [0.1, 0.15) is 12.4 Å². The van der Waals surface area contributed by atoms with Crippen molar-refractivity contribution in [3.63, 3.8) is 0 Å². The molecule has 0 spiro atoms. The second-order valence-electron chi connectivity index (χ2n) is 5.15. The summed E-state index contributed by atoms with van der Waals surface area (Å²) in [6.07, 6.45) is 0. The summed E-state index contributed by atoms with van der Waals surface area (Å²) in [7, 11) is 0. The summed E-state index contributed by atoms with van der Waals surface area (Å²) >= 11 is 5.31. The third-order valence-corrected chi connectivity index (χ3v) is 4.47. The van der Waals surface area contributed by atoms with E-state index in [1.165, 1.54) is 10.4 Å². The fourth-order valence-electron chi connectivity index (χ4n) is 1.82. The molecule has 2 aromatic rings. The van der Waals surface area contributed by atoms with Gasteiger partial charge in [-0.2, -0.15) is 0 Å². The third-order valence-electron chi connectivity index (χ3n) is 2.85. The molecular weight excluding hydrogens is 334 g/mol. The van der Waals surface area contributed by atoms with Crippen molar-refractivity contribution < 1.29 is 4.74 Å². The minimum Gasteiger partial charge on any atom is -0.488 e. The lowest BCUT2D eigenvalue weighted by atomic mass is 10.2. The topological polar surface area (TPSA) is 21.3 Å². The first-order valence-corrected chi connectivity index (χ1v) is 8.46. The van der Waals surface area contributed by atoms with E-state index in [9.17, 15) is 0 Å². The van der Waals surface area contributed by atoms with E-state index >= 15 is 0 Å². The Balaban J connectivity index is 1.93. The number of thiophene rings is 1. The predicted octanol–water partition coefficient (Wildman–Crippen LogP) is 4.84. The van der Waals surface area contributed by atoms with Crippen molar-refractivity contribution in [3.8, 4) is 5.75 Å². The van der Waals surface area contributed by atoms with E-state index in [1.54, 1.807) is 11.3 Å². The maximum atomic E-state index is 5.84. The molecule has 0 radical (unpaired) electrons. The van der Waals surface area contributed by atoms with Crippen molar-refractivity contribution >= 4 is 27.3 Å². The van der Waals surface area contributed by atoms with Crippen LogP contribution in [0.3, 0.4) is 0 Å². The Morgan fingerprint density at radius 2 is 2.15 bits per heavy atom. The lowest BCUT2D eigenvalue weighted by Gasteiger charge is -2.11. The number of nitrogens with one attached hydrogen (secondary N) is 1. The van der Waals surface area contributed by atoms with E-state index < -0.39 is 0 Å². The normalized spacial score (nSPS) is 11.0. The van der Waals surface area contributed by atoms with Crippen LogP contribution in [0.5, 0.6) is 5.75 Å². The van der Waals surface area contributed by atoms with Gasteiger partial charge in [-0.1, -0.05) is 35.8 Å². The van der Waals surface area contributed by atoms with Crippen LogP contribution >= 0.6 is 27.3 Å². The van der Waals surface area contributed by atoms with Gasteiger partial charge < -0.3 is 10.1 Å². The Hall–Kier alpha value is -0.840. The fraction of sp³-hybridized carbons (Fsp3) is 0.375. The van der Waals surface area contributed by atoms with Crippen LogP contribution in [-0.4, -0.2) is 6.54 Å². The van der Waals surface area contributed by atoms with Crippen LogP contribution in [0.15, 0.2) is 40.2 Å². The van der Waals surface area contributed by atoms with Crippen LogP contribution in [-0.2, 0) is 13.2 Å². The van der Waals surface area contributed by atoms with Crippen molar-refractivity contribution in [2.24, 2.45) is 5.92 Å². The molecule has 2 rings (SSSR count). The molecule has 108 valence electrons. The van der Waals surface area contributed by atoms with E-state index in [1.807, 2.05) is 12.1 Å². The fourth-order valence-corrected chi connectivity index (χ4v) is 2.82. The number of ether oxygens (including phenoxy) is 1. The van der Waals surface area contributed by atoms with Crippen LogP contribution in [0, 0.1) is 5.92 Å². The van der Waals surface area contributed by atoms with Gasteiger partial charge in [0.2, 0.25) is 0 Å². The zero-order chi connectivity index (χ0) is 14.4. The molecule has 20 heavy (non-hydrogen) atoms. The third kappa shape index (κ3) is 4.93. The number of halogens is 1. The maximum absolute atomic E-state index is 5.84. The molecule has 1 N–H and O–H groups in total. The lowest BCUT2D eigenvalue weighted by Crippen LogP contribution is -2.19. The van der Waals surface area contributed by atoms with E-state index in [0.29, 0.717) is 12.5 Å². The van der Waals surface area contributed by atoms with Crippen LogP contribution in [0.2, 0.25) is 0 Å². The molecule has 0 atom stereocenters. The predicted molar refractivity (Wildman–Crippen MR) is 89.3 cm³/mol. The molecule has 0 aliphatic rings. The Morgan fingerprint density at radius 1 is 1.30 bits per heavy atom.